The van der Waals surface area contributed by atoms with Crippen LogP contribution in [-0.2, 0) is 6.42 Å². The zero-order valence-corrected chi connectivity index (χ0v) is 12.5. The number of nitrogens with two attached hydrogens (primary N) is 1. The molecule has 3 nitrogen and oxygen atoms in total. The van der Waals surface area contributed by atoms with Crippen LogP contribution in [0.15, 0.2) is 18.2 Å². The Kier molecular flexibility index (Phi) is 5.93. The van der Waals surface area contributed by atoms with E-state index in [0.29, 0.717) is 0 Å². The van der Waals surface area contributed by atoms with Crippen molar-refractivity contribution in [2.75, 3.05) is 39.1 Å². The van der Waals surface area contributed by atoms with Crippen molar-refractivity contribution in [3.8, 4) is 0 Å². The molecule has 0 aliphatic heterocycles. The van der Waals surface area contributed by atoms with E-state index in [1.807, 2.05) is 19.1 Å². The number of benzene rings is 1. The summed E-state index contributed by atoms with van der Waals surface area (Å²) in [5.74, 6) is 0. The normalized spacial score (nSPS) is 12.8. The predicted molar refractivity (Wildman–Crippen MR) is 80.6 cm³/mol. The van der Waals surface area contributed by atoms with E-state index in [-0.39, 0.29) is 6.04 Å². The molecular formula is C14H24ClN3. The molecule has 2 N–H and O–H groups in total. The lowest BCUT2D eigenvalue weighted by Crippen LogP contribution is -2.30. The Morgan fingerprint density at radius 1 is 1.22 bits per heavy atom. The second-order valence-electron chi connectivity index (χ2n) is 5.14. The van der Waals surface area contributed by atoms with Gasteiger partial charge in [0.15, 0.2) is 0 Å². The average molecular weight is 270 g/mol. The van der Waals surface area contributed by atoms with E-state index >= 15 is 0 Å². The van der Waals surface area contributed by atoms with Gasteiger partial charge in [0.2, 0.25) is 0 Å². The van der Waals surface area contributed by atoms with Crippen molar-refractivity contribution in [1.82, 2.24) is 4.90 Å². The van der Waals surface area contributed by atoms with Crippen molar-refractivity contribution in [2.24, 2.45) is 5.73 Å². The average Bonchev–Trinajstić information content (AvgIpc) is 2.28. The van der Waals surface area contributed by atoms with Crippen molar-refractivity contribution in [2.45, 2.75) is 19.4 Å². The monoisotopic (exact) mass is 269 g/mol. The van der Waals surface area contributed by atoms with Gasteiger partial charge in [-0.2, -0.15) is 0 Å². The Labute approximate surface area is 116 Å². The highest BCUT2D eigenvalue weighted by Gasteiger charge is 2.12. The van der Waals surface area contributed by atoms with Gasteiger partial charge < -0.3 is 15.5 Å². The molecule has 0 aliphatic carbocycles. The molecule has 0 heterocycles. The Bertz CT molecular complexity index is 377. The quantitative estimate of drug-likeness (QED) is 0.860. The molecule has 0 amide bonds. The van der Waals surface area contributed by atoms with Crippen molar-refractivity contribution in [3.63, 3.8) is 0 Å². The molecule has 0 aromatic heterocycles. The Balaban J connectivity index is 2.89. The van der Waals surface area contributed by atoms with Crippen molar-refractivity contribution < 1.29 is 0 Å². The van der Waals surface area contributed by atoms with Gasteiger partial charge in [-0.25, -0.2) is 0 Å². The minimum atomic E-state index is 0.117. The molecule has 0 saturated carbocycles. The summed E-state index contributed by atoms with van der Waals surface area (Å²) in [7, 11) is 6.25. The molecule has 18 heavy (non-hydrogen) atoms. The summed E-state index contributed by atoms with van der Waals surface area (Å²) in [6.07, 6.45) is 0.807. The molecule has 0 aliphatic rings. The zero-order valence-electron chi connectivity index (χ0n) is 11.8. The summed E-state index contributed by atoms with van der Waals surface area (Å²) < 4.78 is 0. The summed E-state index contributed by atoms with van der Waals surface area (Å²) in [5, 5.41) is 0.807. The fraction of sp³-hybridized carbons (Fsp3) is 0.571. The number of hydrogen-bond acceptors (Lipinski definition) is 3. The molecule has 0 fully saturated rings. The molecular weight excluding hydrogens is 246 g/mol. The van der Waals surface area contributed by atoms with Crippen LogP contribution in [0, 0.1) is 0 Å². The van der Waals surface area contributed by atoms with Crippen LogP contribution >= 0.6 is 11.6 Å². The summed E-state index contributed by atoms with van der Waals surface area (Å²) in [6.45, 7) is 3.99. The molecule has 0 spiro atoms. The molecule has 0 saturated heterocycles. The molecule has 1 unspecified atom stereocenters. The highest BCUT2D eigenvalue weighted by Crippen LogP contribution is 2.27. The van der Waals surface area contributed by atoms with Crippen LogP contribution in [0.3, 0.4) is 0 Å². The predicted octanol–water partition coefficient (Wildman–Crippen LogP) is 2.23. The molecule has 1 rings (SSSR count). The SMILES string of the molecule is CC(N)Cc1c(Cl)cccc1N(C)CCN(C)C. The Morgan fingerprint density at radius 3 is 2.44 bits per heavy atom. The molecule has 0 bridgehead atoms. The minimum absolute atomic E-state index is 0.117. The van der Waals surface area contributed by atoms with Crippen LogP contribution in [-0.4, -0.2) is 45.2 Å². The van der Waals surface area contributed by atoms with Gasteiger partial charge in [0.1, 0.15) is 0 Å². The topological polar surface area (TPSA) is 32.5 Å². The largest absolute Gasteiger partial charge is 0.373 e. The number of likely N-dealkylation sites (N-methyl/N-ethyl adjacent to an activating group) is 2. The number of hydrogen-bond donors (Lipinski definition) is 1. The van der Waals surface area contributed by atoms with Crippen molar-refractivity contribution in [3.05, 3.63) is 28.8 Å². The third kappa shape index (κ3) is 4.48. The fourth-order valence-corrected chi connectivity index (χ4v) is 2.15. The van der Waals surface area contributed by atoms with E-state index in [0.717, 1.165) is 30.1 Å². The van der Waals surface area contributed by atoms with Crippen LogP contribution in [0.1, 0.15) is 12.5 Å². The van der Waals surface area contributed by atoms with E-state index in [4.69, 9.17) is 17.3 Å². The molecule has 1 aromatic rings. The number of rotatable bonds is 6. The van der Waals surface area contributed by atoms with E-state index in [1.54, 1.807) is 0 Å². The summed E-state index contributed by atoms with van der Waals surface area (Å²) >= 11 is 6.29. The van der Waals surface area contributed by atoms with Crippen LogP contribution in [0.5, 0.6) is 0 Å². The van der Waals surface area contributed by atoms with Crippen LogP contribution in [0.4, 0.5) is 5.69 Å². The molecule has 1 aromatic carbocycles. The standard InChI is InChI=1S/C14H24ClN3/c1-11(16)10-12-13(15)6-5-7-14(12)18(4)9-8-17(2)3/h5-7,11H,8-10,16H2,1-4H3. The van der Waals surface area contributed by atoms with Gasteiger partial charge in [0, 0.05) is 36.9 Å². The highest BCUT2D eigenvalue weighted by molar-refractivity contribution is 6.31. The molecule has 102 valence electrons. The highest BCUT2D eigenvalue weighted by atomic mass is 35.5. The number of halogens is 1. The van der Waals surface area contributed by atoms with Gasteiger partial charge in [-0.05, 0) is 45.1 Å². The van der Waals surface area contributed by atoms with Gasteiger partial charge in [-0.15, -0.1) is 0 Å². The summed E-state index contributed by atoms with van der Waals surface area (Å²) in [6, 6.07) is 6.15. The van der Waals surface area contributed by atoms with Gasteiger partial charge in [-0.1, -0.05) is 17.7 Å². The summed E-state index contributed by atoms with van der Waals surface area (Å²) in [4.78, 5) is 4.41. The summed E-state index contributed by atoms with van der Waals surface area (Å²) in [5.41, 5.74) is 8.23. The first-order valence-electron chi connectivity index (χ1n) is 6.30. The van der Waals surface area contributed by atoms with Gasteiger partial charge in [-0.3, -0.25) is 0 Å². The zero-order chi connectivity index (χ0) is 13.7. The van der Waals surface area contributed by atoms with Gasteiger partial charge in [0.05, 0.1) is 0 Å². The maximum absolute atomic E-state index is 6.29. The minimum Gasteiger partial charge on any atom is -0.373 e. The van der Waals surface area contributed by atoms with E-state index in [1.165, 1.54) is 5.69 Å². The lowest BCUT2D eigenvalue weighted by molar-refractivity contribution is 0.416. The number of nitrogens with zero attached hydrogens (tertiary/aromatic N) is 2. The van der Waals surface area contributed by atoms with E-state index in [9.17, 15) is 0 Å². The third-order valence-corrected chi connectivity index (χ3v) is 3.27. The first-order valence-corrected chi connectivity index (χ1v) is 6.68. The Hall–Kier alpha value is -0.770. The molecule has 1 atom stereocenters. The van der Waals surface area contributed by atoms with E-state index < -0.39 is 0 Å². The van der Waals surface area contributed by atoms with Crippen molar-refractivity contribution in [1.29, 1.82) is 0 Å². The first kappa shape index (κ1) is 15.3. The first-order chi connectivity index (χ1) is 8.41. The lowest BCUT2D eigenvalue weighted by atomic mass is 10.0. The van der Waals surface area contributed by atoms with Gasteiger partial charge in [0.25, 0.3) is 0 Å². The van der Waals surface area contributed by atoms with Crippen LogP contribution in [0.2, 0.25) is 5.02 Å². The van der Waals surface area contributed by atoms with Crippen molar-refractivity contribution >= 4 is 17.3 Å². The maximum Gasteiger partial charge on any atom is 0.0459 e. The smallest absolute Gasteiger partial charge is 0.0459 e. The lowest BCUT2D eigenvalue weighted by Gasteiger charge is -2.25. The Morgan fingerprint density at radius 2 is 1.89 bits per heavy atom. The van der Waals surface area contributed by atoms with Crippen LogP contribution in [0.25, 0.3) is 0 Å². The fourth-order valence-electron chi connectivity index (χ4n) is 1.90. The van der Waals surface area contributed by atoms with Crippen LogP contribution < -0.4 is 10.6 Å². The maximum atomic E-state index is 6.29. The second kappa shape index (κ2) is 6.98. The van der Waals surface area contributed by atoms with E-state index in [2.05, 4.69) is 37.0 Å². The second-order valence-corrected chi connectivity index (χ2v) is 5.55. The third-order valence-electron chi connectivity index (χ3n) is 2.91. The molecule has 4 heteroatoms. The number of anilines is 1. The molecule has 0 radical (unpaired) electrons. The van der Waals surface area contributed by atoms with Gasteiger partial charge >= 0.3 is 0 Å².